The van der Waals surface area contributed by atoms with Crippen LogP contribution in [0.1, 0.15) is 34.0 Å². The zero-order valence-electron chi connectivity index (χ0n) is 10.5. The molecule has 0 fully saturated rings. The summed E-state index contributed by atoms with van der Waals surface area (Å²) in [4.78, 5) is 11.5. The van der Waals surface area contributed by atoms with E-state index in [2.05, 4.69) is 24.2 Å². The van der Waals surface area contributed by atoms with Crippen LogP contribution in [0.25, 0.3) is 11.3 Å². The second-order valence-corrected chi connectivity index (χ2v) is 4.41. The van der Waals surface area contributed by atoms with Crippen molar-refractivity contribution in [1.82, 2.24) is 5.16 Å². The molecule has 1 heterocycles. The van der Waals surface area contributed by atoms with Gasteiger partial charge >= 0.3 is 0 Å². The summed E-state index contributed by atoms with van der Waals surface area (Å²) in [6.45, 7) is 7.62. The summed E-state index contributed by atoms with van der Waals surface area (Å²) in [6, 6.07) is 4.17. The Labute approximate surface area is 100 Å². The highest BCUT2D eigenvalue weighted by atomic mass is 16.5. The molecular weight excluding hydrogens is 214 g/mol. The fourth-order valence-electron chi connectivity index (χ4n) is 2.22. The average molecular weight is 229 g/mol. The summed E-state index contributed by atoms with van der Waals surface area (Å²) >= 11 is 0. The van der Waals surface area contributed by atoms with Gasteiger partial charge in [0.1, 0.15) is 12.0 Å². The van der Waals surface area contributed by atoms with E-state index in [1.807, 2.05) is 13.8 Å². The number of nitrogens with zero attached hydrogens (tertiary/aromatic N) is 1. The first kappa shape index (κ1) is 11.6. The van der Waals surface area contributed by atoms with Gasteiger partial charge in [-0.3, -0.25) is 4.79 Å². The number of carbonyl (C=O) groups excluding carboxylic acids is 1. The van der Waals surface area contributed by atoms with E-state index in [1.165, 1.54) is 18.8 Å². The van der Waals surface area contributed by atoms with E-state index in [-0.39, 0.29) is 5.78 Å². The van der Waals surface area contributed by atoms with Gasteiger partial charge in [0, 0.05) is 5.56 Å². The summed E-state index contributed by atoms with van der Waals surface area (Å²) in [5, 5.41) is 3.96. The second kappa shape index (κ2) is 4.17. The van der Waals surface area contributed by atoms with E-state index in [0.29, 0.717) is 11.3 Å². The minimum absolute atomic E-state index is 0.0272. The quantitative estimate of drug-likeness (QED) is 0.740. The van der Waals surface area contributed by atoms with Crippen LogP contribution < -0.4 is 0 Å². The van der Waals surface area contributed by atoms with Gasteiger partial charge in [0.05, 0.1) is 5.56 Å². The summed E-state index contributed by atoms with van der Waals surface area (Å²) in [7, 11) is 0. The Bertz CT molecular complexity index is 559. The number of ketones is 1. The van der Waals surface area contributed by atoms with Crippen LogP contribution >= 0.6 is 0 Å². The van der Waals surface area contributed by atoms with Gasteiger partial charge in [-0.2, -0.15) is 0 Å². The van der Waals surface area contributed by atoms with E-state index >= 15 is 0 Å². The maximum absolute atomic E-state index is 11.5. The van der Waals surface area contributed by atoms with Gasteiger partial charge in [0.25, 0.3) is 0 Å². The lowest BCUT2D eigenvalue weighted by molar-refractivity contribution is 0.101. The Morgan fingerprint density at radius 1 is 1.18 bits per heavy atom. The molecule has 0 atom stereocenters. The minimum Gasteiger partial charge on any atom is -0.363 e. The van der Waals surface area contributed by atoms with E-state index < -0.39 is 0 Å². The van der Waals surface area contributed by atoms with Gasteiger partial charge in [-0.1, -0.05) is 22.9 Å². The minimum atomic E-state index is -0.0272. The van der Waals surface area contributed by atoms with Crippen LogP contribution in [0.4, 0.5) is 0 Å². The van der Waals surface area contributed by atoms with Crippen LogP contribution in [0.2, 0.25) is 0 Å². The first-order valence-electron chi connectivity index (χ1n) is 5.54. The third-order valence-corrected chi connectivity index (χ3v) is 2.86. The zero-order valence-corrected chi connectivity index (χ0v) is 10.5. The van der Waals surface area contributed by atoms with Crippen molar-refractivity contribution in [2.45, 2.75) is 27.7 Å². The molecule has 0 saturated heterocycles. The maximum Gasteiger partial charge on any atom is 0.165 e. The fourth-order valence-corrected chi connectivity index (χ4v) is 2.22. The van der Waals surface area contributed by atoms with Crippen LogP contribution in [0.3, 0.4) is 0 Å². The van der Waals surface area contributed by atoms with Crippen molar-refractivity contribution in [3.05, 3.63) is 40.6 Å². The third-order valence-electron chi connectivity index (χ3n) is 2.86. The number of hydrogen-bond acceptors (Lipinski definition) is 3. The van der Waals surface area contributed by atoms with Crippen LogP contribution in [0, 0.1) is 20.8 Å². The van der Waals surface area contributed by atoms with Gasteiger partial charge in [-0.25, -0.2) is 0 Å². The Kier molecular flexibility index (Phi) is 2.84. The van der Waals surface area contributed by atoms with E-state index in [1.54, 1.807) is 0 Å². The molecule has 1 aromatic carbocycles. The smallest absolute Gasteiger partial charge is 0.165 e. The van der Waals surface area contributed by atoms with Crippen molar-refractivity contribution < 1.29 is 9.32 Å². The highest BCUT2D eigenvalue weighted by Crippen LogP contribution is 2.30. The lowest BCUT2D eigenvalue weighted by atomic mass is 9.95. The number of hydrogen-bond donors (Lipinski definition) is 0. The molecule has 2 rings (SSSR count). The first-order valence-corrected chi connectivity index (χ1v) is 5.54. The largest absolute Gasteiger partial charge is 0.363 e. The predicted molar refractivity (Wildman–Crippen MR) is 66.2 cm³/mol. The van der Waals surface area contributed by atoms with Crippen LogP contribution in [-0.2, 0) is 0 Å². The first-order chi connectivity index (χ1) is 8.00. The number of aromatic nitrogens is 1. The molecule has 2 aromatic rings. The SMILES string of the molecule is CC(=O)c1conc1-c1c(C)cc(C)cc1C. The molecule has 3 heteroatoms. The number of carbonyl (C=O) groups is 1. The van der Waals surface area contributed by atoms with Crippen molar-refractivity contribution in [1.29, 1.82) is 0 Å². The number of Topliss-reactive ketones (excluding diaryl/α,β-unsaturated/α-hetero) is 1. The fraction of sp³-hybridized carbons (Fsp3) is 0.286. The molecule has 1 aromatic heterocycles. The normalized spacial score (nSPS) is 10.6. The molecule has 17 heavy (non-hydrogen) atoms. The van der Waals surface area contributed by atoms with Crippen molar-refractivity contribution in [3.63, 3.8) is 0 Å². The van der Waals surface area contributed by atoms with Gasteiger partial charge in [-0.15, -0.1) is 0 Å². The summed E-state index contributed by atoms with van der Waals surface area (Å²) in [6.07, 6.45) is 1.41. The van der Waals surface area contributed by atoms with Gasteiger partial charge in [0.15, 0.2) is 5.78 Å². The number of benzene rings is 1. The topological polar surface area (TPSA) is 43.1 Å². The molecule has 0 saturated carbocycles. The van der Waals surface area contributed by atoms with Crippen molar-refractivity contribution >= 4 is 5.78 Å². The van der Waals surface area contributed by atoms with Crippen LogP contribution in [0.15, 0.2) is 22.9 Å². The summed E-state index contributed by atoms with van der Waals surface area (Å²) in [5.74, 6) is -0.0272. The Balaban J connectivity index is 2.69. The summed E-state index contributed by atoms with van der Waals surface area (Å²) in [5.41, 5.74) is 5.61. The van der Waals surface area contributed by atoms with Crippen molar-refractivity contribution in [2.75, 3.05) is 0 Å². The second-order valence-electron chi connectivity index (χ2n) is 4.41. The lowest BCUT2D eigenvalue weighted by Crippen LogP contribution is -1.97. The van der Waals surface area contributed by atoms with Crippen molar-refractivity contribution in [3.8, 4) is 11.3 Å². The number of aryl methyl sites for hydroxylation is 3. The van der Waals surface area contributed by atoms with Crippen molar-refractivity contribution in [2.24, 2.45) is 0 Å². The third kappa shape index (κ3) is 2.00. The highest BCUT2D eigenvalue weighted by Gasteiger charge is 2.17. The molecule has 0 radical (unpaired) electrons. The van der Waals surface area contributed by atoms with Gasteiger partial charge < -0.3 is 4.52 Å². The maximum atomic E-state index is 11.5. The number of rotatable bonds is 2. The Hall–Kier alpha value is -1.90. The summed E-state index contributed by atoms with van der Waals surface area (Å²) < 4.78 is 4.93. The molecule has 3 nitrogen and oxygen atoms in total. The molecule has 0 aliphatic rings. The van der Waals surface area contributed by atoms with E-state index in [9.17, 15) is 4.79 Å². The molecule has 0 N–H and O–H groups in total. The molecule has 0 aliphatic heterocycles. The molecule has 0 spiro atoms. The molecule has 0 bridgehead atoms. The van der Waals surface area contributed by atoms with Crippen LogP contribution in [-0.4, -0.2) is 10.9 Å². The Morgan fingerprint density at radius 3 is 2.29 bits per heavy atom. The highest BCUT2D eigenvalue weighted by molar-refractivity contribution is 6.00. The standard InChI is InChI=1S/C14H15NO2/c1-8-5-9(2)13(10(3)6-8)14-12(11(4)16)7-17-15-14/h5-7H,1-4H3. The van der Waals surface area contributed by atoms with Gasteiger partial charge in [0.2, 0.25) is 0 Å². The molecule has 0 unspecified atom stereocenters. The van der Waals surface area contributed by atoms with Gasteiger partial charge in [-0.05, 0) is 38.8 Å². The Morgan fingerprint density at radius 2 is 1.76 bits per heavy atom. The average Bonchev–Trinajstić information content (AvgIpc) is 2.64. The molecule has 0 aliphatic carbocycles. The zero-order chi connectivity index (χ0) is 12.6. The lowest BCUT2D eigenvalue weighted by Gasteiger charge is -2.09. The predicted octanol–water partition coefficient (Wildman–Crippen LogP) is 3.47. The molecule has 88 valence electrons. The van der Waals surface area contributed by atoms with Crippen LogP contribution in [0.5, 0.6) is 0 Å². The monoisotopic (exact) mass is 229 g/mol. The van der Waals surface area contributed by atoms with E-state index in [4.69, 9.17) is 4.52 Å². The molecule has 0 amide bonds. The van der Waals surface area contributed by atoms with E-state index in [0.717, 1.165) is 16.7 Å². The molecular formula is C14H15NO2.